The van der Waals surface area contributed by atoms with Crippen LogP contribution in [0, 0.1) is 6.92 Å². The van der Waals surface area contributed by atoms with Crippen molar-refractivity contribution in [3.8, 4) is 22.6 Å². The molecule has 0 fully saturated rings. The zero-order valence-electron chi connectivity index (χ0n) is 11.6. The smallest absolute Gasteiger partial charge is 0.212 e. The van der Waals surface area contributed by atoms with Gasteiger partial charge in [0.1, 0.15) is 7.05 Å². The van der Waals surface area contributed by atoms with Crippen LogP contribution in [0.5, 0.6) is 0 Å². The highest BCUT2D eigenvalue weighted by molar-refractivity contribution is 5.63. The molecule has 0 N–H and O–H groups in total. The fourth-order valence-corrected chi connectivity index (χ4v) is 2.33. The lowest BCUT2D eigenvalue weighted by Gasteiger charge is -2.05. The van der Waals surface area contributed by atoms with Crippen LogP contribution in [0.2, 0.25) is 0 Å². The van der Waals surface area contributed by atoms with E-state index < -0.39 is 0 Å². The van der Waals surface area contributed by atoms with E-state index in [-0.39, 0.29) is 0 Å². The average Bonchev–Trinajstić information content (AvgIpc) is 2.49. The summed E-state index contributed by atoms with van der Waals surface area (Å²) in [5.74, 6) is 0.749. The van der Waals surface area contributed by atoms with Gasteiger partial charge in [0, 0.05) is 24.0 Å². The molecule has 3 rings (SSSR count). The fraction of sp³-hybridized carbons (Fsp3) is 0.118. The first-order valence-corrected chi connectivity index (χ1v) is 6.59. The summed E-state index contributed by atoms with van der Waals surface area (Å²) in [7, 11) is 2.05. The molecule has 0 radical (unpaired) electrons. The highest BCUT2D eigenvalue weighted by Gasteiger charge is 2.13. The Labute approximate surface area is 118 Å². The summed E-state index contributed by atoms with van der Waals surface area (Å²) >= 11 is 0. The fourth-order valence-electron chi connectivity index (χ4n) is 2.33. The topological polar surface area (TPSA) is 29.7 Å². The Morgan fingerprint density at radius 3 is 2.35 bits per heavy atom. The van der Waals surface area contributed by atoms with Crippen LogP contribution in [-0.2, 0) is 7.05 Å². The van der Waals surface area contributed by atoms with Crippen molar-refractivity contribution in [1.29, 1.82) is 0 Å². The molecule has 2 heterocycles. The van der Waals surface area contributed by atoms with Crippen molar-refractivity contribution in [2.75, 3.05) is 0 Å². The third kappa shape index (κ3) is 2.30. The Morgan fingerprint density at radius 2 is 1.65 bits per heavy atom. The summed E-state index contributed by atoms with van der Waals surface area (Å²) in [6, 6.07) is 14.4. The average molecular weight is 262 g/mol. The Hall–Kier alpha value is -2.55. The Morgan fingerprint density at radius 1 is 0.900 bits per heavy atom. The third-order valence-electron chi connectivity index (χ3n) is 3.38. The molecule has 0 bridgehead atoms. The van der Waals surface area contributed by atoms with Gasteiger partial charge in [-0.2, -0.15) is 0 Å². The van der Waals surface area contributed by atoms with E-state index in [4.69, 9.17) is 0 Å². The first kappa shape index (κ1) is 12.5. The van der Waals surface area contributed by atoms with Gasteiger partial charge in [-0.15, -0.1) is 0 Å². The molecule has 0 atom stereocenters. The van der Waals surface area contributed by atoms with Crippen LogP contribution < -0.4 is 4.57 Å². The molecule has 3 heteroatoms. The molecule has 0 saturated heterocycles. The van der Waals surface area contributed by atoms with Gasteiger partial charge in [0.05, 0.1) is 5.56 Å². The molecule has 0 aliphatic carbocycles. The monoisotopic (exact) mass is 262 g/mol. The molecule has 0 aliphatic rings. The maximum Gasteiger partial charge on any atom is 0.212 e. The molecular formula is C17H16N3+. The van der Waals surface area contributed by atoms with Gasteiger partial charge in [-0.05, 0) is 30.7 Å². The summed E-state index contributed by atoms with van der Waals surface area (Å²) in [5, 5.41) is 0. The Balaban J connectivity index is 2.07. The predicted molar refractivity (Wildman–Crippen MR) is 78.8 cm³/mol. The highest BCUT2D eigenvalue weighted by Crippen LogP contribution is 2.21. The number of benzene rings is 1. The lowest BCUT2D eigenvalue weighted by atomic mass is 10.0. The van der Waals surface area contributed by atoms with Crippen molar-refractivity contribution in [2.45, 2.75) is 6.92 Å². The van der Waals surface area contributed by atoms with Crippen LogP contribution in [-0.4, -0.2) is 9.97 Å². The van der Waals surface area contributed by atoms with Gasteiger partial charge < -0.3 is 0 Å². The number of nitrogens with zero attached hydrogens (tertiary/aromatic N) is 3. The first-order chi connectivity index (χ1) is 9.75. The second kappa shape index (κ2) is 5.21. The number of hydrogen-bond donors (Lipinski definition) is 0. The molecule has 20 heavy (non-hydrogen) atoms. The van der Waals surface area contributed by atoms with E-state index in [1.165, 1.54) is 16.8 Å². The third-order valence-corrected chi connectivity index (χ3v) is 3.38. The number of rotatable bonds is 2. The highest BCUT2D eigenvalue weighted by atomic mass is 14.9. The maximum absolute atomic E-state index is 4.29. The van der Waals surface area contributed by atoms with Crippen molar-refractivity contribution in [3.63, 3.8) is 0 Å². The molecule has 98 valence electrons. The second-order valence-electron chi connectivity index (χ2n) is 4.80. The van der Waals surface area contributed by atoms with Crippen molar-refractivity contribution < 1.29 is 4.57 Å². The quantitative estimate of drug-likeness (QED) is 0.665. The Kier molecular flexibility index (Phi) is 3.25. The minimum atomic E-state index is 0.749. The summed E-state index contributed by atoms with van der Waals surface area (Å²) < 4.78 is 2.12. The van der Waals surface area contributed by atoms with Crippen LogP contribution in [0.1, 0.15) is 5.56 Å². The van der Waals surface area contributed by atoms with Gasteiger partial charge in [-0.25, -0.2) is 14.5 Å². The molecule has 3 nitrogen and oxygen atoms in total. The lowest BCUT2D eigenvalue weighted by Crippen LogP contribution is -2.31. The molecule has 0 unspecified atom stereocenters. The lowest BCUT2D eigenvalue weighted by molar-refractivity contribution is -0.659. The van der Waals surface area contributed by atoms with Crippen molar-refractivity contribution >= 4 is 0 Å². The Bertz CT molecular complexity index is 736. The molecule has 0 spiro atoms. The predicted octanol–water partition coefficient (Wildman–Crippen LogP) is 2.94. The van der Waals surface area contributed by atoms with Crippen LogP contribution in [0.3, 0.4) is 0 Å². The molecule has 1 aromatic carbocycles. The standard InChI is InChI=1S/C17H16N3/c1-13-6-3-4-7-15(13)16-9-8-14(12-20(16)2)17-18-10-5-11-19-17/h3-12H,1-2H3/q+1. The molecule has 0 saturated carbocycles. The van der Waals surface area contributed by atoms with E-state index in [0.29, 0.717) is 0 Å². The number of hydrogen-bond acceptors (Lipinski definition) is 2. The second-order valence-corrected chi connectivity index (χ2v) is 4.80. The van der Waals surface area contributed by atoms with Crippen molar-refractivity contribution in [1.82, 2.24) is 9.97 Å². The number of aryl methyl sites for hydroxylation is 2. The first-order valence-electron chi connectivity index (χ1n) is 6.59. The normalized spacial score (nSPS) is 10.5. The zero-order valence-corrected chi connectivity index (χ0v) is 11.6. The van der Waals surface area contributed by atoms with Gasteiger partial charge in [-0.3, -0.25) is 0 Å². The molecule has 0 aliphatic heterocycles. The number of aromatic nitrogens is 3. The summed E-state index contributed by atoms with van der Waals surface area (Å²) in [6.07, 6.45) is 5.59. The molecule has 0 amide bonds. The minimum Gasteiger partial charge on any atom is -0.236 e. The molecular weight excluding hydrogens is 246 g/mol. The summed E-state index contributed by atoms with van der Waals surface area (Å²) in [4.78, 5) is 8.57. The van der Waals surface area contributed by atoms with Crippen molar-refractivity contribution in [2.24, 2.45) is 7.05 Å². The zero-order chi connectivity index (χ0) is 13.9. The van der Waals surface area contributed by atoms with E-state index in [9.17, 15) is 0 Å². The maximum atomic E-state index is 4.29. The SMILES string of the molecule is Cc1ccccc1-c1ccc(-c2ncccn2)c[n+]1C. The summed E-state index contributed by atoms with van der Waals surface area (Å²) in [5.41, 5.74) is 4.72. The summed E-state index contributed by atoms with van der Waals surface area (Å²) in [6.45, 7) is 2.13. The number of pyridine rings is 1. The van der Waals surface area contributed by atoms with Crippen LogP contribution >= 0.6 is 0 Å². The van der Waals surface area contributed by atoms with E-state index >= 15 is 0 Å². The van der Waals surface area contributed by atoms with E-state index in [2.05, 4.69) is 64.1 Å². The van der Waals surface area contributed by atoms with Gasteiger partial charge in [0.2, 0.25) is 5.69 Å². The van der Waals surface area contributed by atoms with Gasteiger partial charge in [0.15, 0.2) is 12.0 Å². The minimum absolute atomic E-state index is 0.749. The van der Waals surface area contributed by atoms with Gasteiger partial charge in [-0.1, -0.05) is 18.2 Å². The van der Waals surface area contributed by atoms with Crippen LogP contribution in [0.4, 0.5) is 0 Å². The van der Waals surface area contributed by atoms with Crippen LogP contribution in [0.15, 0.2) is 61.1 Å². The van der Waals surface area contributed by atoms with Gasteiger partial charge in [0.25, 0.3) is 0 Å². The van der Waals surface area contributed by atoms with E-state index in [1.54, 1.807) is 12.4 Å². The van der Waals surface area contributed by atoms with Crippen LogP contribution in [0.25, 0.3) is 22.6 Å². The molecule has 3 aromatic rings. The van der Waals surface area contributed by atoms with E-state index in [1.807, 2.05) is 13.1 Å². The van der Waals surface area contributed by atoms with Gasteiger partial charge >= 0.3 is 0 Å². The largest absolute Gasteiger partial charge is 0.236 e. The van der Waals surface area contributed by atoms with Crippen molar-refractivity contribution in [3.05, 3.63) is 66.6 Å². The van der Waals surface area contributed by atoms with E-state index in [0.717, 1.165) is 11.4 Å². The molecule has 2 aromatic heterocycles.